The Bertz CT molecular complexity index is 15.5. The summed E-state index contributed by atoms with van der Waals surface area (Å²) in [5.74, 6) is 0. The molecule has 6 heavy (non-hydrogen) atoms. The largest absolute Gasteiger partial charge is 0 e. The smallest absolute Gasteiger partial charge is 0 e. The molecule has 0 unspecified atom stereocenters. The van der Waals surface area contributed by atoms with E-state index in [1.807, 2.05) is 0 Å². The third kappa shape index (κ3) is 25.6. The summed E-state index contributed by atoms with van der Waals surface area (Å²) in [5, 5.41) is 0. The van der Waals surface area contributed by atoms with E-state index < -0.39 is 0 Å². The molecule has 0 saturated heterocycles. The Morgan fingerprint density at radius 3 is 1.00 bits per heavy atom. The molecule has 0 rings (SSSR count). The molecule has 0 aliphatic carbocycles. The van der Waals surface area contributed by atoms with Crippen molar-refractivity contribution in [2.24, 2.45) is 0 Å². The topological polar surface area (TPSA) is 31.5 Å². The Balaban J connectivity index is 0. The molecule has 40 valence electrons. The van der Waals surface area contributed by atoms with Gasteiger partial charge in [-0.15, -0.1) is 0 Å². The summed E-state index contributed by atoms with van der Waals surface area (Å²) in [4.78, 5) is 0. The van der Waals surface area contributed by atoms with Gasteiger partial charge in [-0.05, 0) is 0 Å². The van der Waals surface area contributed by atoms with Crippen molar-refractivity contribution >= 4 is 48.1 Å². The first-order chi connectivity index (χ1) is 0. The standard InChI is InChI=1S/Mo.Nb.H2O.Sb.H2Te.V.3H/h;;1H2;;1H2;;;;. The van der Waals surface area contributed by atoms with E-state index in [0.717, 1.165) is 0 Å². The van der Waals surface area contributed by atoms with Crippen LogP contribution in [-0.2, 0) is 62.0 Å². The maximum Gasteiger partial charge on any atom is 0 e. The summed E-state index contributed by atoms with van der Waals surface area (Å²) in [7, 11) is 0. The van der Waals surface area contributed by atoms with Crippen LogP contribution in [0.3, 0.4) is 0 Å². The normalized spacial score (nSPS) is 0. The zero-order valence-corrected chi connectivity index (χ0v) is 15.5. The zero-order valence-electron chi connectivity index (χ0n) is 3.01. The molecule has 0 aromatic heterocycles. The van der Waals surface area contributed by atoms with Gasteiger partial charge in [-0.3, -0.25) is 0 Å². The van der Waals surface area contributed by atoms with Crippen molar-refractivity contribution in [1.29, 1.82) is 0 Å². The monoisotopic (exact) mass is 516 g/mol. The third-order valence-corrected chi connectivity index (χ3v) is 0. The van der Waals surface area contributed by atoms with Gasteiger partial charge in [0.1, 0.15) is 0 Å². The Morgan fingerprint density at radius 1 is 1.00 bits per heavy atom. The van der Waals surface area contributed by atoms with Crippen LogP contribution < -0.4 is 0 Å². The molecule has 0 aliphatic heterocycles. The average Bonchev–Trinajstić information content (AvgIpc) is 0. The first kappa shape index (κ1) is 55.0. The Kier molecular flexibility index (Phi) is 353. The van der Waals surface area contributed by atoms with Gasteiger partial charge in [0, 0.05) is 62.0 Å². The second-order valence-corrected chi connectivity index (χ2v) is 0. The van der Waals surface area contributed by atoms with Crippen LogP contribution in [-0.4, -0.2) is 53.6 Å². The average molecular weight is 512 g/mol. The van der Waals surface area contributed by atoms with E-state index in [1.165, 1.54) is 0 Å². The van der Waals surface area contributed by atoms with Gasteiger partial charge in [-0.2, -0.15) is 0 Å². The molecule has 0 bridgehead atoms. The Labute approximate surface area is 113 Å². The second kappa shape index (κ2) is 38.5. The van der Waals surface area contributed by atoms with Gasteiger partial charge >= 0.3 is 48.1 Å². The molecule has 0 aromatic carbocycles. The van der Waals surface area contributed by atoms with Gasteiger partial charge in [0.2, 0.25) is 0 Å². The van der Waals surface area contributed by atoms with E-state index in [-0.39, 0.29) is 116 Å². The van der Waals surface area contributed by atoms with Crippen LogP contribution in [0.4, 0.5) is 0 Å². The maximum absolute atomic E-state index is 0. The van der Waals surface area contributed by atoms with Gasteiger partial charge in [-0.25, -0.2) is 0 Å². The SMILES string of the molecule is O.[Mo].[Nb].[SbH3].[TeH2].[V]. The minimum atomic E-state index is 0. The Morgan fingerprint density at radius 2 is 1.00 bits per heavy atom. The molecule has 0 spiro atoms. The molecule has 2 radical (unpaired) electrons. The van der Waals surface area contributed by atoms with Crippen LogP contribution >= 0.6 is 0 Å². The second-order valence-electron chi connectivity index (χ2n) is 0. The quantitative estimate of drug-likeness (QED) is 0.312. The molecule has 0 amide bonds. The third-order valence-electron chi connectivity index (χ3n) is 0. The van der Waals surface area contributed by atoms with Crippen molar-refractivity contribution in [2.45, 2.75) is 0 Å². The van der Waals surface area contributed by atoms with Gasteiger partial charge in [-0.1, -0.05) is 0 Å². The summed E-state index contributed by atoms with van der Waals surface area (Å²) in [5.41, 5.74) is 0. The van der Waals surface area contributed by atoms with Crippen LogP contribution in [0, 0.1) is 0 Å². The molecular formula is H7MoNbOSbTeV. The van der Waals surface area contributed by atoms with Crippen molar-refractivity contribution in [1.82, 2.24) is 0 Å². The summed E-state index contributed by atoms with van der Waals surface area (Å²) in [6.07, 6.45) is 0. The van der Waals surface area contributed by atoms with E-state index in [0.29, 0.717) is 0 Å². The summed E-state index contributed by atoms with van der Waals surface area (Å²) in [6, 6.07) is 0. The first-order valence-electron chi connectivity index (χ1n) is 0. The van der Waals surface area contributed by atoms with Crippen molar-refractivity contribution in [3.8, 4) is 0 Å². The van der Waals surface area contributed by atoms with Gasteiger partial charge in [0.25, 0.3) is 0 Å². The molecule has 1 nitrogen and oxygen atoms in total. The predicted molar refractivity (Wildman–Crippen MR) is 22.1 cm³/mol. The molecule has 0 heterocycles. The van der Waals surface area contributed by atoms with E-state index in [4.69, 9.17) is 0 Å². The fraction of sp³-hybridized carbons (Fsp3) is 0. The maximum atomic E-state index is 0. The number of rotatable bonds is 0. The molecule has 0 fully saturated rings. The van der Waals surface area contributed by atoms with Crippen LogP contribution in [0.1, 0.15) is 0 Å². The molecule has 6 heteroatoms. The summed E-state index contributed by atoms with van der Waals surface area (Å²) in [6.45, 7) is 0. The van der Waals surface area contributed by atoms with Crippen molar-refractivity contribution in [3.05, 3.63) is 0 Å². The van der Waals surface area contributed by atoms with E-state index in [2.05, 4.69) is 0 Å². The molecular weight excluding hydrogens is 505 g/mol. The fourth-order valence-electron chi connectivity index (χ4n) is 0. The number of hydrogen-bond acceptors (Lipinski definition) is 0. The van der Waals surface area contributed by atoms with E-state index in [1.54, 1.807) is 0 Å². The van der Waals surface area contributed by atoms with Gasteiger partial charge < -0.3 is 5.48 Å². The zero-order chi connectivity index (χ0) is 0. The van der Waals surface area contributed by atoms with Gasteiger partial charge in [0.05, 0.1) is 0 Å². The molecule has 0 atom stereocenters. The number of hydrogen-bond donors (Lipinski definition) is 0. The summed E-state index contributed by atoms with van der Waals surface area (Å²) < 4.78 is 0. The van der Waals surface area contributed by atoms with E-state index >= 15 is 0 Å². The van der Waals surface area contributed by atoms with Crippen LogP contribution in [0.15, 0.2) is 0 Å². The molecule has 2 N–H and O–H groups in total. The first-order valence-corrected chi connectivity index (χ1v) is 0. The van der Waals surface area contributed by atoms with Crippen molar-refractivity contribution in [2.75, 3.05) is 0 Å². The Hall–Kier alpha value is 3.58. The van der Waals surface area contributed by atoms with Gasteiger partial charge in [0.15, 0.2) is 0 Å². The van der Waals surface area contributed by atoms with Crippen LogP contribution in [0.25, 0.3) is 0 Å². The van der Waals surface area contributed by atoms with Crippen molar-refractivity contribution < 1.29 is 67.5 Å². The molecule has 0 aliphatic rings. The van der Waals surface area contributed by atoms with Crippen LogP contribution in [0.5, 0.6) is 0 Å². The fourth-order valence-corrected chi connectivity index (χ4v) is 0. The summed E-state index contributed by atoms with van der Waals surface area (Å²) >= 11 is 0. The minimum absolute atomic E-state index is 0. The molecule has 0 aromatic rings. The minimum Gasteiger partial charge on any atom is 0 e. The van der Waals surface area contributed by atoms with Crippen molar-refractivity contribution in [3.63, 3.8) is 0 Å². The van der Waals surface area contributed by atoms with E-state index in [9.17, 15) is 0 Å². The predicted octanol–water partition coefficient (Wildman–Crippen LogP) is -2.93. The van der Waals surface area contributed by atoms with Crippen LogP contribution in [0.2, 0.25) is 0 Å². The molecule has 0 saturated carbocycles.